The Morgan fingerprint density at radius 2 is 1.68 bits per heavy atom. The van der Waals surface area contributed by atoms with Gasteiger partial charge in [0.2, 0.25) is 5.91 Å². The molecule has 1 N–H and O–H groups in total. The van der Waals surface area contributed by atoms with E-state index >= 15 is 0 Å². The fourth-order valence-electron chi connectivity index (χ4n) is 1.20. The molecule has 3 nitrogen and oxygen atoms in total. The fraction of sp³-hybridized carbons (Fsp3) is 0.0625. The van der Waals surface area contributed by atoms with Crippen molar-refractivity contribution in [2.24, 2.45) is 0 Å². The topological polar surface area (TPSA) is 42.0 Å². The monoisotopic (exact) mass is 253 g/mol. The zero-order chi connectivity index (χ0) is 13.8. The summed E-state index contributed by atoms with van der Waals surface area (Å²) in [6, 6.07) is 15.6. The van der Waals surface area contributed by atoms with Gasteiger partial charge < -0.3 is 5.32 Å². The molecule has 0 atom stereocenters. The van der Waals surface area contributed by atoms with Crippen molar-refractivity contribution >= 4 is 12.0 Å². The first-order chi connectivity index (χ1) is 9.29. The number of carbonyl (C=O) groups excluding carboxylic acids is 1. The molecule has 0 aliphatic rings. The summed E-state index contributed by atoms with van der Waals surface area (Å²) in [7, 11) is 0. The van der Waals surface area contributed by atoms with Crippen LogP contribution in [-0.4, -0.2) is 10.9 Å². The van der Waals surface area contributed by atoms with Crippen molar-refractivity contribution in [3.05, 3.63) is 79.1 Å². The van der Waals surface area contributed by atoms with Crippen LogP contribution in [0.4, 0.5) is 0 Å². The van der Waals surface area contributed by atoms with Crippen LogP contribution in [0.5, 0.6) is 0 Å². The molecule has 2 aromatic rings. The second-order valence-corrected chi connectivity index (χ2v) is 3.66. The second-order valence-electron chi connectivity index (χ2n) is 3.66. The first-order valence-electron chi connectivity index (χ1n) is 5.96. The molecule has 2 rings (SSSR count). The Hall–Kier alpha value is -2.42. The SMILES string of the molecule is CC(=O)N[CH]/C=C/c1ccccc1.c1ccncc1. The number of hydrogen-bond acceptors (Lipinski definition) is 2. The summed E-state index contributed by atoms with van der Waals surface area (Å²) in [6.07, 6.45) is 7.23. The van der Waals surface area contributed by atoms with E-state index in [-0.39, 0.29) is 5.91 Å². The molecule has 1 aromatic carbocycles. The number of pyridine rings is 1. The van der Waals surface area contributed by atoms with Crippen LogP contribution in [0, 0.1) is 6.54 Å². The zero-order valence-electron chi connectivity index (χ0n) is 10.9. The van der Waals surface area contributed by atoms with Gasteiger partial charge in [-0.15, -0.1) is 0 Å². The molecular formula is C16H17N2O. The summed E-state index contributed by atoms with van der Waals surface area (Å²) in [4.78, 5) is 14.3. The van der Waals surface area contributed by atoms with Crippen LogP contribution >= 0.6 is 0 Å². The highest BCUT2D eigenvalue weighted by atomic mass is 16.1. The average molecular weight is 253 g/mol. The largest absolute Gasteiger partial charge is 0.348 e. The summed E-state index contributed by atoms with van der Waals surface area (Å²) >= 11 is 0. The molecule has 19 heavy (non-hydrogen) atoms. The van der Waals surface area contributed by atoms with Gasteiger partial charge in [0.25, 0.3) is 0 Å². The highest BCUT2D eigenvalue weighted by molar-refractivity contribution is 5.74. The normalized spacial score (nSPS) is 9.53. The van der Waals surface area contributed by atoms with Crippen LogP contribution in [0.3, 0.4) is 0 Å². The van der Waals surface area contributed by atoms with Crippen LogP contribution in [0.25, 0.3) is 6.08 Å². The Morgan fingerprint density at radius 3 is 2.16 bits per heavy atom. The van der Waals surface area contributed by atoms with Crippen LogP contribution < -0.4 is 5.32 Å². The van der Waals surface area contributed by atoms with Gasteiger partial charge in [-0.25, -0.2) is 0 Å². The van der Waals surface area contributed by atoms with Crippen LogP contribution in [0.2, 0.25) is 0 Å². The average Bonchev–Trinajstić information content (AvgIpc) is 2.47. The van der Waals surface area contributed by atoms with Gasteiger partial charge in [-0.05, 0) is 17.7 Å². The summed E-state index contributed by atoms with van der Waals surface area (Å²) in [5, 5.41) is 2.57. The number of nitrogens with zero attached hydrogens (tertiary/aromatic N) is 1. The molecule has 0 bridgehead atoms. The molecule has 97 valence electrons. The molecule has 1 aromatic heterocycles. The Labute approximate surface area is 114 Å². The fourth-order valence-corrected chi connectivity index (χ4v) is 1.20. The first kappa shape index (κ1) is 14.6. The van der Waals surface area contributed by atoms with Gasteiger partial charge in [-0.2, -0.15) is 0 Å². The molecule has 1 heterocycles. The van der Waals surface area contributed by atoms with Crippen molar-refractivity contribution in [2.45, 2.75) is 6.92 Å². The van der Waals surface area contributed by atoms with Gasteiger partial charge in [0.05, 0.1) is 6.54 Å². The highest BCUT2D eigenvalue weighted by Gasteiger charge is 1.86. The summed E-state index contributed by atoms with van der Waals surface area (Å²) in [5.41, 5.74) is 1.11. The van der Waals surface area contributed by atoms with Gasteiger partial charge in [-0.1, -0.05) is 48.6 Å². The van der Waals surface area contributed by atoms with Crippen LogP contribution in [-0.2, 0) is 4.79 Å². The molecule has 1 radical (unpaired) electrons. The Bertz CT molecular complexity index is 454. The maximum atomic E-state index is 10.5. The minimum Gasteiger partial charge on any atom is -0.348 e. The van der Waals surface area contributed by atoms with E-state index in [1.54, 1.807) is 25.0 Å². The third-order valence-electron chi connectivity index (χ3n) is 2.04. The van der Waals surface area contributed by atoms with Crippen molar-refractivity contribution in [2.75, 3.05) is 0 Å². The predicted octanol–water partition coefficient (Wildman–Crippen LogP) is 3.08. The Morgan fingerprint density at radius 1 is 1.05 bits per heavy atom. The predicted molar refractivity (Wildman–Crippen MR) is 77.8 cm³/mol. The minimum absolute atomic E-state index is 0.0577. The number of hydrogen-bond donors (Lipinski definition) is 1. The lowest BCUT2D eigenvalue weighted by atomic mass is 10.2. The van der Waals surface area contributed by atoms with E-state index in [1.165, 1.54) is 6.92 Å². The van der Waals surface area contributed by atoms with E-state index in [1.807, 2.05) is 54.6 Å². The maximum absolute atomic E-state index is 10.5. The lowest BCUT2D eigenvalue weighted by molar-refractivity contribution is -0.118. The van der Waals surface area contributed by atoms with Gasteiger partial charge in [0.15, 0.2) is 0 Å². The molecular weight excluding hydrogens is 236 g/mol. The van der Waals surface area contributed by atoms with Crippen molar-refractivity contribution < 1.29 is 4.79 Å². The lowest BCUT2D eigenvalue weighted by Gasteiger charge is -1.94. The Kier molecular flexibility index (Phi) is 7.39. The Balaban J connectivity index is 0.000000250. The first-order valence-corrected chi connectivity index (χ1v) is 5.96. The van der Waals surface area contributed by atoms with Crippen LogP contribution in [0.1, 0.15) is 12.5 Å². The maximum Gasteiger partial charge on any atom is 0.217 e. The number of carbonyl (C=O) groups is 1. The quantitative estimate of drug-likeness (QED) is 0.913. The van der Waals surface area contributed by atoms with E-state index in [9.17, 15) is 4.79 Å². The smallest absolute Gasteiger partial charge is 0.217 e. The number of amides is 1. The van der Waals surface area contributed by atoms with Gasteiger partial charge in [0.1, 0.15) is 0 Å². The van der Waals surface area contributed by atoms with E-state index in [0.29, 0.717) is 0 Å². The summed E-state index contributed by atoms with van der Waals surface area (Å²) in [5.74, 6) is -0.0577. The molecule has 0 unspecified atom stereocenters. The van der Waals surface area contributed by atoms with E-state index in [0.717, 1.165) is 5.56 Å². The number of rotatable bonds is 3. The van der Waals surface area contributed by atoms with E-state index < -0.39 is 0 Å². The van der Waals surface area contributed by atoms with E-state index in [2.05, 4.69) is 10.3 Å². The molecule has 3 heteroatoms. The third kappa shape index (κ3) is 8.32. The molecule has 0 spiro atoms. The van der Waals surface area contributed by atoms with Gasteiger partial charge in [-0.3, -0.25) is 9.78 Å². The zero-order valence-corrected chi connectivity index (χ0v) is 10.9. The highest BCUT2D eigenvalue weighted by Crippen LogP contribution is 2.00. The molecule has 0 aliphatic heterocycles. The van der Waals surface area contributed by atoms with Crippen molar-refractivity contribution in [3.8, 4) is 0 Å². The van der Waals surface area contributed by atoms with Gasteiger partial charge >= 0.3 is 0 Å². The van der Waals surface area contributed by atoms with Crippen LogP contribution in [0.15, 0.2) is 67.0 Å². The molecule has 0 fully saturated rings. The number of nitrogens with one attached hydrogen (secondary N) is 1. The molecule has 1 amide bonds. The lowest BCUT2D eigenvalue weighted by Crippen LogP contribution is -2.14. The minimum atomic E-state index is -0.0577. The standard InChI is InChI=1S/C11H12NO.C5H5N/c1-10(13)12-9-5-8-11-6-3-2-4-7-11;1-2-4-6-5-3-1/h2-9H,1H3,(H,12,13);1-5H/b8-5+;. The van der Waals surface area contributed by atoms with E-state index in [4.69, 9.17) is 0 Å². The third-order valence-corrected chi connectivity index (χ3v) is 2.04. The van der Waals surface area contributed by atoms with Crippen molar-refractivity contribution in [3.63, 3.8) is 0 Å². The number of benzene rings is 1. The summed E-state index contributed by atoms with van der Waals surface area (Å²) < 4.78 is 0. The number of aromatic nitrogens is 1. The molecule has 0 saturated carbocycles. The molecule has 0 aliphatic carbocycles. The second kappa shape index (κ2) is 9.59. The van der Waals surface area contributed by atoms with Crippen molar-refractivity contribution in [1.82, 2.24) is 10.3 Å². The van der Waals surface area contributed by atoms with Crippen molar-refractivity contribution in [1.29, 1.82) is 0 Å². The summed E-state index contributed by atoms with van der Waals surface area (Å²) in [6.45, 7) is 3.10. The molecule has 0 saturated heterocycles. The van der Waals surface area contributed by atoms with Gasteiger partial charge in [0, 0.05) is 19.3 Å².